The molecule has 3 aliphatic heterocycles. The number of halogens is 1. The Morgan fingerprint density at radius 3 is 2.86 bits per heavy atom. The molecule has 1 aromatic rings. The van der Waals surface area contributed by atoms with E-state index in [9.17, 15) is 4.79 Å². The van der Waals surface area contributed by atoms with Crippen LogP contribution in [0.2, 0.25) is 5.02 Å². The second kappa shape index (κ2) is 8.61. The standard InChI is InChI=1S/C20H28ClN7O/c1-26(2)10-9-22-19(29)8-7-18-23-24-20-17-13-16(14-3-5-15(21)6-4-14)25-28(17)12-11-27(18)20/h3-6,11-12,16-17,20,24-25H,7-10,13H2,1-2H3,(H,22,29). The summed E-state index contributed by atoms with van der Waals surface area (Å²) in [6.07, 6.45) is 6.15. The molecule has 1 fully saturated rings. The van der Waals surface area contributed by atoms with Gasteiger partial charge in [0, 0.05) is 43.4 Å². The van der Waals surface area contributed by atoms with Gasteiger partial charge in [0.1, 0.15) is 12.0 Å². The van der Waals surface area contributed by atoms with Gasteiger partial charge in [0.25, 0.3) is 0 Å². The highest BCUT2D eigenvalue weighted by Crippen LogP contribution is 2.34. The van der Waals surface area contributed by atoms with Crippen LogP contribution in [0.4, 0.5) is 0 Å². The summed E-state index contributed by atoms with van der Waals surface area (Å²) in [5.41, 5.74) is 8.04. The van der Waals surface area contributed by atoms with Crippen LogP contribution in [0.3, 0.4) is 0 Å². The Morgan fingerprint density at radius 2 is 2.10 bits per heavy atom. The van der Waals surface area contributed by atoms with Crippen molar-refractivity contribution in [2.45, 2.75) is 37.5 Å². The van der Waals surface area contributed by atoms with Gasteiger partial charge in [-0.15, -0.1) is 0 Å². The van der Waals surface area contributed by atoms with Gasteiger partial charge in [-0.2, -0.15) is 5.10 Å². The fourth-order valence-electron chi connectivity index (χ4n) is 3.96. The molecule has 29 heavy (non-hydrogen) atoms. The predicted molar refractivity (Wildman–Crippen MR) is 114 cm³/mol. The van der Waals surface area contributed by atoms with Crippen molar-refractivity contribution in [1.29, 1.82) is 0 Å². The number of hydrazine groups is 1. The molecule has 3 atom stereocenters. The van der Waals surface area contributed by atoms with Gasteiger partial charge in [0.05, 0.1) is 12.1 Å². The number of benzene rings is 1. The van der Waals surface area contributed by atoms with Crippen molar-refractivity contribution in [3.63, 3.8) is 0 Å². The van der Waals surface area contributed by atoms with Crippen LogP contribution in [0.1, 0.15) is 30.9 Å². The van der Waals surface area contributed by atoms with Crippen LogP contribution < -0.4 is 16.2 Å². The molecule has 0 aliphatic carbocycles. The van der Waals surface area contributed by atoms with Crippen LogP contribution in [0.5, 0.6) is 0 Å². The Kier molecular flexibility index (Phi) is 5.94. The van der Waals surface area contributed by atoms with Gasteiger partial charge in [-0.05, 0) is 38.2 Å². The lowest BCUT2D eigenvalue weighted by Gasteiger charge is -2.37. The number of amides is 1. The molecule has 9 heteroatoms. The number of rotatable bonds is 7. The second-order valence-electron chi connectivity index (χ2n) is 7.90. The minimum absolute atomic E-state index is 0.0611. The van der Waals surface area contributed by atoms with E-state index in [1.54, 1.807) is 0 Å². The van der Waals surface area contributed by atoms with Crippen molar-refractivity contribution in [2.75, 3.05) is 27.2 Å². The van der Waals surface area contributed by atoms with Crippen molar-refractivity contribution in [2.24, 2.45) is 5.10 Å². The van der Waals surface area contributed by atoms with Gasteiger partial charge in [-0.1, -0.05) is 23.7 Å². The first kappa shape index (κ1) is 20.0. The van der Waals surface area contributed by atoms with Gasteiger partial charge < -0.3 is 20.1 Å². The van der Waals surface area contributed by atoms with E-state index in [0.29, 0.717) is 19.4 Å². The maximum absolute atomic E-state index is 12.1. The average Bonchev–Trinajstić information content (AvgIpc) is 3.30. The Labute approximate surface area is 176 Å². The predicted octanol–water partition coefficient (Wildman–Crippen LogP) is 1.45. The number of carbonyl (C=O) groups is 1. The minimum Gasteiger partial charge on any atom is -0.355 e. The second-order valence-corrected chi connectivity index (χ2v) is 8.34. The van der Waals surface area contributed by atoms with Gasteiger partial charge in [0.2, 0.25) is 5.91 Å². The number of nitrogens with zero attached hydrogens (tertiary/aromatic N) is 4. The number of hydrogen-bond acceptors (Lipinski definition) is 7. The number of likely N-dealkylation sites (N-methyl/N-ethyl adjacent to an activating group) is 1. The van der Waals surface area contributed by atoms with Gasteiger partial charge in [0.15, 0.2) is 0 Å². The number of hydrazone groups is 1. The fraction of sp³-hybridized carbons (Fsp3) is 0.500. The van der Waals surface area contributed by atoms with Gasteiger partial charge >= 0.3 is 0 Å². The molecule has 4 rings (SSSR count). The first-order chi connectivity index (χ1) is 14.0. The zero-order valence-electron chi connectivity index (χ0n) is 16.8. The number of hydrogen-bond donors (Lipinski definition) is 3. The lowest BCUT2D eigenvalue weighted by molar-refractivity contribution is -0.121. The summed E-state index contributed by atoms with van der Waals surface area (Å²) in [6.45, 7) is 1.50. The summed E-state index contributed by atoms with van der Waals surface area (Å²) in [6, 6.07) is 8.47. The summed E-state index contributed by atoms with van der Waals surface area (Å²) in [4.78, 5) is 16.3. The van der Waals surface area contributed by atoms with E-state index in [4.69, 9.17) is 11.6 Å². The Bertz CT molecular complexity index is 795. The first-order valence-electron chi connectivity index (χ1n) is 10.0. The van der Waals surface area contributed by atoms with Crippen LogP contribution >= 0.6 is 11.6 Å². The number of amidine groups is 1. The van der Waals surface area contributed by atoms with Crippen LogP contribution in [0.25, 0.3) is 0 Å². The smallest absolute Gasteiger partial charge is 0.220 e. The molecule has 8 nitrogen and oxygen atoms in total. The normalized spacial score (nSPS) is 25.0. The molecule has 156 valence electrons. The first-order valence-corrected chi connectivity index (χ1v) is 10.4. The van der Waals surface area contributed by atoms with E-state index in [1.165, 1.54) is 5.56 Å². The monoisotopic (exact) mass is 417 g/mol. The summed E-state index contributed by atoms with van der Waals surface area (Å²) in [5, 5.41) is 10.4. The SMILES string of the molecule is CN(C)CCNC(=O)CCC1=NNC2C3CC(c4ccc(Cl)cc4)NN3C=CN12. The number of carbonyl (C=O) groups excluding carboxylic acids is 1. The molecule has 0 saturated carbocycles. The maximum Gasteiger partial charge on any atom is 0.220 e. The molecular formula is C20H28ClN7O. The Morgan fingerprint density at radius 1 is 1.31 bits per heavy atom. The van der Waals surface area contributed by atoms with E-state index in [0.717, 1.165) is 23.8 Å². The molecule has 1 saturated heterocycles. The highest BCUT2D eigenvalue weighted by atomic mass is 35.5. The quantitative estimate of drug-likeness (QED) is 0.623. The Balaban J connectivity index is 1.31. The largest absolute Gasteiger partial charge is 0.355 e. The molecule has 3 unspecified atom stereocenters. The van der Waals surface area contributed by atoms with E-state index in [2.05, 4.69) is 49.5 Å². The molecule has 0 bridgehead atoms. The molecule has 3 aliphatic rings. The third kappa shape index (κ3) is 4.49. The average molecular weight is 418 g/mol. The van der Waals surface area contributed by atoms with E-state index in [1.807, 2.05) is 37.3 Å². The third-order valence-corrected chi connectivity index (χ3v) is 5.80. The number of nitrogens with one attached hydrogen (secondary N) is 3. The maximum atomic E-state index is 12.1. The fourth-order valence-corrected chi connectivity index (χ4v) is 4.08. The topological polar surface area (TPSA) is 75.2 Å². The zero-order valence-corrected chi connectivity index (χ0v) is 17.6. The molecule has 0 aromatic heterocycles. The van der Waals surface area contributed by atoms with Crippen molar-refractivity contribution in [3.8, 4) is 0 Å². The highest BCUT2D eigenvalue weighted by Gasteiger charge is 2.44. The zero-order chi connectivity index (χ0) is 20.4. The molecule has 0 radical (unpaired) electrons. The molecule has 3 N–H and O–H groups in total. The van der Waals surface area contributed by atoms with Crippen LogP contribution in [0, 0.1) is 0 Å². The van der Waals surface area contributed by atoms with Crippen molar-refractivity contribution >= 4 is 23.3 Å². The summed E-state index contributed by atoms with van der Waals surface area (Å²) < 4.78 is 0. The molecule has 1 amide bonds. The van der Waals surface area contributed by atoms with Crippen LogP contribution in [-0.4, -0.2) is 65.9 Å². The number of fused-ring (bicyclic) bond motifs is 3. The van der Waals surface area contributed by atoms with Gasteiger partial charge in [-0.3, -0.25) is 10.2 Å². The molecule has 0 spiro atoms. The van der Waals surface area contributed by atoms with E-state index >= 15 is 0 Å². The van der Waals surface area contributed by atoms with Crippen LogP contribution in [0.15, 0.2) is 41.8 Å². The Hall–Kier alpha value is -2.29. The summed E-state index contributed by atoms with van der Waals surface area (Å²) in [7, 11) is 3.99. The van der Waals surface area contributed by atoms with Crippen LogP contribution in [-0.2, 0) is 4.79 Å². The highest BCUT2D eigenvalue weighted by molar-refractivity contribution is 6.30. The van der Waals surface area contributed by atoms with E-state index < -0.39 is 0 Å². The van der Waals surface area contributed by atoms with E-state index in [-0.39, 0.29) is 24.2 Å². The molecule has 3 heterocycles. The molecular weight excluding hydrogens is 390 g/mol. The molecule has 1 aromatic carbocycles. The van der Waals surface area contributed by atoms with Crippen molar-refractivity contribution in [3.05, 3.63) is 47.3 Å². The van der Waals surface area contributed by atoms with Gasteiger partial charge in [-0.25, -0.2) is 5.43 Å². The summed E-state index contributed by atoms with van der Waals surface area (Å²) >= 11 is 6.02. The minimum atomic E-state index is 0.0611. The summed E-state index contributed by atoms with van der Waals surface area (Å²) in [5.74, 6) is 0.967. The third-order valence-electron chi connectivity index (χ3n) is 5.54. The van der Waals surface area contributed by atoms with Crippen molar-refractivity contribution < 1.29 is 4.79 Å². The van der Waals surface area contributed by atoms with Crippen molar-refractivity contribution in [1.82, 2.24) is 31.0 Å². The lowest BCUT2D eigenvalue weighted by atomic mass is 9.99. The lowest BCUT2D eigenvalue weighted by Crippen LogP contribution is -2.54.